The highest BCUT2D eigenvalue weighted by Gasteiger charge is 2.18. The van der Waals surface area contributed by atoms with Gasteiger partial charge in [-0.05, 0) is 42.8 Å². The minimum Gasteiger partial charge on any atom is -0.370 e. The number of hydrogen-bond acceptors (Lipinski definition) is 3. The molecule has 0 aliphatic carbocycles. The van der Waals surface area contributed by atoms with Crippen LogP contribution in [0.2, 0.25) is 0 Å². The Labute approximate surface area is 164 Å². The van der Waals surface area contributed by atoms with Crippen molar-refractivity contribution in [2.24, 2.45) is 10.7 Å². The molecule has 1 aliphatic heterocycles. The van der Waals surface area contributed by atoms with E-state index in [-0.39, 0.29) is 29.8 Å². The first kappa shape index (κ1) is 19.4. The van der Waals surface area contributed by atoms with Crippen molar-refractivity contribution in [2.45, 2.75) is 13.5 Å². The molecule has 0 bridgehead atoms. The second-order valence-corrected chi connectivity index (χ2v) is 5.89. The highest BCUT2D eigenvalue weighted by atomic mass is 127. The third-order valence-electron chi connectivity index (χ3n) is 4.30. The molecule has 1 saturated heterocycles. The number of anilines is 1. The quantitative estimate of drug-likeness (QED) is 0.440. The maximum atomic E-state index is 13.0. The van der Waals surface area contributed by atoms with E-state index in [9.17, 15) is 4.39 Å². The van der Waals surface area contributed by atoms with Crippen LogP contribution in [-0.4, -0.2) is 42.0 Å². The Morgan fingerprint density at radius 2 is 1.84 bits per heavy atom. The van der Waals surface area contributed by atoms with Gasteiger partial charge in [-0.3, -0.25) is 4.98 Å². The molecule has 0 saturated carbocycles. The van der Waals surface area contributed by atoms with E-state index in [1.165, 1.54) is 12.1 Å². The van der Waals surface area contributed by atoms with Crippen LogP contribution in [0, 0.1) is 12.7 Å². The first-order valence-corrected chi connectivity index (χ1v) is 8.09. The number of aromatic nitrogens is 1. The summed E-state index contributed by atoms with van der Waals surface area (Å²) in [5, 5.41) is 0. The largest absolute Gasteiger partial charge is 0.370 e. The van der Waals surface area contributed by atoms with E-state index in [0.717, 1.165) is 43.1 Å². The van der Waals surface area contributed by atoms with Gasteiger partial charge in [-0.25, -0.2) is 9.38 Å². The fraction of sp³-hybridized carbons (Fsp3) is 0.333. The van der Waals surface area contributed by atoms with Gasteiger partial charge in [0.15, 0.2) is 5.96 Å². The molecule has 2 N–H and O–H groups in total. The maximum absolute atomic E-state index is 13.0. The van der Waals surface area contributed by atoms with Crippen LogP contribution in [0.1, 0.15) is 11.3 Å². The van der Waals surface area contributed by atoms with Gasteiger partial charge in [0.05, 0.1) is 12.2 Å². The molecule has 2 heterocycles. The topological polar surface area (TPSA) is 57.8 Å². The number of benzene rings is 1. The molecule has 134 valence electrons. The molecule has 1 aliphatic rings. The molecular weight excluding hydrogens is 432 g/mol. The Balaban J connectivity index is 0.00000225. The third-order valence-corrected chi connectivity index (χ3v) is 4.30. The Morgan fingerprint density at radius 1 is 1.16 bits per heavy atom. The number of aryl methyl sites for hydroxylation is 1. The van der Waals surface area contributed by atoms with E-state index >= 15 is 0 Å². The molecule has 0 atom stereocenters. The van der Waals surface area contributed by atoms with Crippen molar-refractivity contribution in [3.8, 4) is 0 Å². The molecule has 2 aromatic rings. The predicted molar refractivity (Wildman–Crippen MR) is 110 cm³/mol. The molecule has 0 amide bonds. The number of piperazine rings is 1. The monoisotopic (exact) mass is 455 g/mol. The Bertz CT molecular complexity index is 712. The lowest BCUT2D eigenvalue weighted by molar-refractivity contribution is 0.380. The first-order chi connectivity index (χ1) is 11.6. The van der Waals surface area contributed by atoms with Gasteiger partial charge in [-0.2, -0.15) is 0 Å². The summed E-state index contributed by atoms with van der Waals surface area (Å²) in [5.74, 6) is 0.345. The molecule has 0 spiro atoms. The molecule has 1 fully saturated rings. The summed E-state index contributed by atoms with van der Waals surface area (Å²) in [7, 11) is 0. The number of guanidine groups is 1. The molecule has 3 rings (SSSR count). The smallest absolute Gasteiger partial charge is 0.191 e. The van der Waals surface area contributed by atoms with E-state index in [4.69, 9.17) is 5.73 Å². The van der Waals surface area contributed by atoms with E-state index in [2.05, 4.69) is 19.8 Å². The van der Waals surface area contributed by atoms with Crippen LogP contribution in [0.4, 0.5) is 10.1 Å². The van der Waals surface area contributed by atoms with Crippen LogP contribution in [0.3, 0.4) is 0 Å². The van der Waals surface area contributed by atoms with Gasteiger partial charge in [0.1, 0.15) is 5.82 Å². The lowest BCUT2D eigenvalue weighted by atomic mass is 10.2. The second kappa shape index (κ2) is 8.98. The number of halogens is 2. The highest BCUT2D eigenvalue weighted by Crippen LogP contribution is 2.17. The molecule has 1 aromatic heterocycles. The summed E-state index contributed by atoms with van der Waals surface area (Å²) in [6.45, 7) is 5.79. The summed E-state index contributed by atoms with van der Waals surface area (Å²) >= 11 is 0. The van der Waals surface area contributed by atoms with Crippen LogP contribution in [0.25, 0.3) is 0 Å². The van der Waals surface area contributed by atoms with Gasteiger partial charge >= 0.3 is 0 Å². The van der Waals surface area contributed by atoms with Gasteiger partial charge < -0.3 is 15.5 Å². The average molecular weight is 455 g/mol. The number of pyridine rings is 1. The zero-order chi connectivity index (χ0) is 16.9. The zero-order valence-electron chi connectivity index (χ0n) is 14.2. The third kappa shape index (κ3) is 5.04. The van der Waals surface area contributed by atoms with E-state index in [1.54, 1.807) is 6.20 Å². The van der Waals surface area contributed by atoms with Crippen LogP contribution in [-0.2, 0) is 6.54 Å². The number of nitrogens with two attached hydrogens (primary N) is 1. The first-order valence-electron chi connectivity index (χ1n) is 8.09. The number of nitrogens with zero attached hydrogens (tertiary/aromatic N) is 4. The van der Waals surface area contributed by atoms with Crippen molar-refractivity contribution in [2.75, 3.05) is 31.1 Å². The van der Waals surface area contributed by atoms with Crippen LogP contribution < -0.4 is 10.6 Å². The fourth-order valence-electron chi connectivity index (χ4n) is 2.79. The zero-order valence-corrected chi connectivity index (χ0v) is 16.6. The number of aliphatic imine (C=N–C) groups is 1. The lowest BCUT2D eigenvalue weighted by Gasteiger charge is -2.36. The Kier molecular flexibility index (Phi) is 6.98. The maximum Gasteiger partial charge on any atom is 0.191 e. The second-order valence-electron chi connectivity index (χ2n) is 5.89. The minimum atomic E-state index is -0.210. The highest BCUT2D eigenvalue weighted by molar-refractivity contribution is 14.0. The SMILES string of the molecule is Cc1cccnc1CN=C(N)N1CCN(c2ccc(F)cc2)CC1.I. The number of hydrogen-bond donors (Lipinski definition) is 1. The van der Waals surface area contributed by atoms with Crippen LogP contribution in [0.15, 0.2) is 47.6 Å². The normalized spacial score (nSPS) is 15.0. The van der Waals surface area contributed by atoms with Gasteiger partial charge in [0.25, 0.3) is 0 Å². The minimum absolute atomic E-state index is 0. The van der Waals surface area contributed by atoms with E-state index in [1.807, 2.05) is 31.2 Å². The summed E-state index contributed by atoms with van der Waals surface area (Å²) < 4.78 is 13.0. The van der Waals surface area contributed by atoms with Gasteiger partial charge in [0, 0.05) is 38.1 Å². The van der Waals surface area contributed by atoms with Crippen LogP contribution in [0.5, 0.6) is 0 Å². The van der Waals surface area contributed by atoms with Gasteiger partial charge in [-0.1, -0.05) is 6.07 Å². The van der Waals surface area contributed by atoms with Crippen molar-refractivity contribution in [1.29, 1.82) is 0 Å². The molecule has 7 heteroatoms. The standard InChI is InChI=1S/C18H22FN5.HI/c1-14-3-2-8-21-17(14)13-22-18(20)24-11-9-23(10-12-24)16-6-4-15(19)5-7-16;/h2-8H,9-13H2,1H3,(H2,20,22);1H. The molecule has 0 radical (unpaired) electrons. The van der Waals surface area contributed by atoms with Crippen molar-refractivity contribution < 1.29 is 4.39 Å². The Morgan fingerprint density at radius 3 is 2.48 bits per heavy atom. The van der Waals surface area contributed by atoms with Crippen molar-refractivity contribution >= 4 is 35.6 Å². The summed E-state index contributed by atoms with van der Waals surface area (Å²) in [5.41, 5.74) is 9.24. The van der Waals surface area contributed by atoms with Crippen molar-refractivity contribution in [1.82, 2.24) is 9.88 Å². The van der Waals surface area contributed by atoms with Crippen molar-refractivity contribution in [3.05, 3.63) is 59.7 Å². The predicted octanol–water partition coefficient (Wildman–Crippen LogP) is 2.78. The van der Waals surface area contributed by atoms with Crippen LogP contribution >= 0.6 is 24.0 Å². The molecular formula is C18H23FIN5. The summed E-state index contributed by atoms with van der Waals surface area (Å²) in [4.78, 5) is 13.1. The Hall–Kier alpha value is -1.90. The molecule has 1 aromatic carbocycles. The lowest BCUT2D eigenvalue weighted by Crippen LogP contribution is -2.51. The van der Waals surface area contributed by atoms with Gasteiger partial charge in [0.2, 0.25) is 0 Å². The summed E-state index contributed by atoms with van der Waals surface area (Å²) in [6.07, 6.45) is 1.77. The molecule has 25 heavy (non-hydrogen) atoms. The molecule has 0 unspecified atom stereocenters. The number of rotatable bonds is 3. The summed E-state index contributed by atoms with van der Waals surface area (Å²) in [6, 6.07) is 10.5. The van der Waals surface area contributed by atoms with E-state index < -0.39 is 0 Å². The van der Waals surface area contributed by atoms with Gasteiger partial charge in [-0.15, -0.1) is 24.0 Å². The van der Waals surface area contributed by atoms with Crippen molar-refractivity contribution in [3.63, 3.8) is 0 Å². The average Bonchev–Trinajstić information content (AvgIpc) is 2.62. The molecule has 5 nitrogen and oxygen atoms in total. The fourth-order valence-corrected chi connectivity index (χ4v) is 2.79. The van der Waals surface area contributed by atoms with E-state index in [0.29, 0.717) is 12.5 Å².